The van der Waals surface area contributed by atoms with Gasteiger partial charge in [0.15, 0.2) is 0 Å². The topological polar surface area (TPSA) is 82.1 Å². The van der Waals surface area contributed by atoms with Crippen LogP contribution in [-0.4, -0.2) is 38.2 Å². The van der Waals surface area contributed by atoms with Crippen molar-refractivity contribution in [3.8, 4) is 11.1 Å². The number of carbonyl (C=O) groups excluding carboxylic acids is 3. The molecule has 1 aliphatic rings. The first-order chi connectivity index (χ1) is 15.8. The molecule has 0 saturated carbocycles. The van der Waals surface area contributed by atoms with Crippen LogP contribution in [-0.2, 0) is 23.8 Å². The fraction of sp³-hybridized carbons (Fsp3) is 0.192. The largest absolute Gasteiger partial charge is 0.465 e. The summed E-state index contributed by atoms with van der Waals surface area (Å²) in [4.78, 5) is 38.4. The molecule has 0 bridgehead atoms. The van der Waals surface area contributed by atoms with E-state index < -0.39 is 11.9 Å². The predicted octanol–water partition coefficient (Wildman–Crippen LogP) is 4.41. The molecule has 33 heavy (non-hydrogen) atoms. The summed E-state index contributed by atoms with van der Waals surface area (Å²) >= 11 is 0. The summed E-state index contributed by atoms with van der Waals surface area (Å²) in [6, 6.07) is 14.5. The molecule has 0 N–H and O–H groups in total. The number of benzene rings is 2. The standard InChI is InChI=1S/C26H25NO6/c1-17(2)33-24(28)20-10-8-18(9-11-20)19-12-14-21(15-13-19)27-16-6-5-7-22(25(29)31-3)23(27)26(30)32-4/h5-17H,1-4H3. The maximum Gasteiger partial charge on any atom is 0.355 e. The van der Waals surface area contributed by atoms with E-state index in [0.717, 1.165) is 11.1 Å². The second-order valence-corrected chi connectivity index (χ2v) is 7.39. The fourth-order valence-corrected chi connectivity index (χ4v) is 3.26. The Morgan fingerprint density at radius 1 is 0.758 bits per heavy atom. The Kier molecular flexibility index (Phi) is 7.46. The van der Waals surface area contributed by atoms with Crippen molar-refractivity contribution >= 4 is 23.6 Å². The molecule has 3 rings (SSSR count). The van der Waals surface area contributed by atoms with E-state index in [0.29, 0.717) is 11.3 Å². The van der Waals surface area contributed by atoms with Gasteiger partial charge in [-0.3, -0.25) is 0 Å². The van der Waals surface area contributed by atoms with Gasteiger partial charge in [-0.25, -0.2) is 14.4 Å². The van der Waals surface area contributed by atoms with Gasteiger partial charge < -0.3 is 19.1 Å². The van der Waals surface area contributed by atoms with Gasteiger partial charge in [0, 0.05) is 11.9 Å². The summed E-state index contributed by atoms with van der Waals surface area (Å²) in [5, 5.41) is 0. The second kappa shape index (κ2) is 10.5. The molecule has 0 radical (unpaired) electrons. The Hall–Kier alpha value is -4.13. The fourth-order valence-electron chi connectivity index (χ4n) is 3.26. The minimum absolute atomic E-state index is 0.0510. The van der Waals surface area contributed by atoms with Crippen LogP contribution in [0.3, 0.4) is 0 Å². The summed E-state index contributed by atoms with van der Waals surface area (Å²) in [5.41, 5.74) is 3.09. The number of nitrogens with zero attached hydrogens (tertiary/aromatic N) is 1. The molecule has 1 aliphatic heterocycles. The van der Waals surface area contributed by atoms with Gasteiger partial charge in [0.25, 0.3) is 0 Å². The average Bonchev–Trinajstić information content (AvgIpc) is 3.06. The summed E-state index contributed by atoms with van der Waals surface area (Å²) in [6.45, 7) is 3.61. The number of esters is 3. The first-order valence-corrected chi connectivity index (χ1v) is 10.3. The zero-order valence-electron chi connectivity index (χ0n) is 18.9. The Morgan fingerprint density at radius 3 is 1.88 bits per heavy atom. The molecule has 2 aromatic rings. The lowest BCUT2D eigenvalue weighted by Gasteiger charge is -2.23. The maximum absolute atomic E-state index is 12.5. The van der Waals surface area contributed by atoms with Crippen LogP contribution in [0, 0.1) is 0 Å². The summed E-state index contributed by atoms with van der Waals surface area (Å²) in [5.74, 6) is -1.68. The summed E-state index contributed by atoms with van der Waals surface area (Å²) < 4.78 is 15.0. The molecule has 0 aliphatic carbocycles. The molecule has 7 heteroatoms. The lowest BCUT2D eigenvalue weighted by atomic mass is 10.0. The number of allylic oxidation sites excluding steroid dienone is 2. The number of rotatable bonds is 6. The highest BCUT2D eigenvalue weighted by molar-refractivity contribution is 6.05. The van der Waals surface area contributed by atoms with Gasteiger partial charge in [-0.05, 0) is 61.4 Å². The van der Waals surface area contributed by atoms with E-state index in [1.165, 1.54) is 20.3 Å². The second-order valence-electron chi connectivity index (χ2n) is 7.39. The zero-order valence-corrected chi connectivity index (χ0v) is 18.9. The van der Waals surface area contributed by atoms with Gasteiger partial charge in [0.1, 0.15) is 5.70 Å². The van der Waals surface area contributed by atoms with Crippen molar-refractivity contribution in [2.24, 2.45) is 0 Å². The molecule has 0 fully saturated rings. The van der Waals surface area contributed by atoms with E-state index in [-0.39, 0.29) is 23.3 Å². The van der Waals surface area contributed by atoms with Crippen LogP contribution in [0.5, 0.6) is 0 Å². The Labute approximate surface area is 192 Å². The number of ether oxygens (including phenoxy) is 3. The lowest BCUT2D eigenvalue weighted by molar-refractivity contribution is -0.139. The van der Waals surface area contributed by atoms with Gasteiger partial charge in [0.2, 0.25) is 0 Å². The molecule has 0 aromatic heterocycles. The van der Waals surface area contributed by atoms with Crippen LogP contribution in [0.4, 0.5) is 5.69 Å². The normalized spacial score (nSPS) is 13.1. The number of anilines is 1. The molecular formula is C26H25NO6. The highest BCUT2D eigenvalue weighted by Gasteiger charge is 2.27. The summed E-state index contributed by atoms with van der Waals surface area (Å²) in [7, 11) is 2.51. The number of hydrogen-bond acceptors (Lipinski definition) is 7. The molecule has 0 unspecified atom stereocenters. The Balaban J connectivity index is 1.92. The minimum atomic E-state index is -0.667. The number of hydrogen-bond donors (Lipinski definition) is 0. The van der Waals surface area contributed by atoms with E-state index in [2.05, 4.69) is 0 Å². The van der Waals surface area contributed by atoms with Crippen LogP contribution < -0.4 is 4.90 Å². The van der Waals surface area contributed by atoms with E-state index in [1.54, 1.807) is 49.2 Å². The minimum Gasteiger partial charge on any atom is -0.465 e. The Bertz CT molecular complexity index is 1120. The van der Waals surface area contributed by atoms with Crippen LogP contribution in [0.1, 0.15) is 24.2 Å². The third kappa shape index (κ3) is 5.38. The Morgan fingerprint density at radius 2 is 1.33 bits per heavy atom. The molecule has 170 valence electrons. The van der Waals surface area contributed by atoms with Crippen molar-refractivity contribution in [1.29, 1.82) is 0 Å². The zero-order chi connectivity index (χ0) is 24.0. The van der Waals surface area contributed by atoms with Gasteiger partial charge >= 0.3 is 17.9 Å². The third-order valence-corrected chi connectivity index (χ3v) is 4.83. The quantitative estimate of drug-likeness (QED) is 0.479. The van der Waals surface area contributed by atoms with Crippen molar-refractivity contribution in [3.05, 3.63) is 89.8 Å². The smallest absolute Gasteiger partial charge is 0.355 e. The molecule has 0 spiro atoms. The SMILES string of the molecule is COC(=O)C1=C(C(=O)OC)N(c2ccc(-c3ccc(C(=O)OC(C)C)cc3)cc2)C=CC=C1. The van der Waals surface area contributed by atoms with Crippen molar-refractivity contribution in [1.82, 2.24) is 0 Å². The predicted molar refractivity (Wildman–Crippen MR) is 124 cm³/mol. The molecule has 1 heterocycles. The summed E-state index contributed by atoms with van der Waals surface area (Å²) in [6.07, 6.45) is 6.35. The van der Waals surface area contributed by atoms with Gasteiger partial charge in [-0.15, -0.1) is 0 Å². The average molecular weight is 447 g/mol. The first-order valence-electron chi connectivity index (χ1n) is 10.3. The van der Waals surface area contributed by atoms with Crippen molar-refractivity contribution in [3.63, 3.8) is 0 Å². The lowest BCUT2D eigenvalue weighted by Crippen LogP contribution is -2.26. The van der Waals surface area contributed by atoms with E-state index >= 15 is 0 Å². The molecule has 0 amide bonds. The molecule has 0 saturated heterocycles. The van der Waals surface area contributed by atoms with Gasteiger partial charge in [0.05, 0.1) is 31.5 Å². The monoisotopic (exact) mass is 447 g/mol. The first kappa shape index (κ1) is 23.5. The molecule has 7 nitrogen and oxygen atoms in total. The molecule has 2 aromatic carbocycles. The van der Waals surface area contributed by atoms with Crippen molar-refractivity contribution in [2.75, 3.05) is 19.1 Å². The highest BCUT2D eigenvalue weighted by Crippen LogP contribution is 2.29. The van der Waals surface area contributed by atoms with E-state index in [9.17, 15) is 14.4 Å². The van der Waals surface area contributed by atoms with Gasteiger partial charge in [-0.1, -0.05) is 30.3 Å². The highest BCUT2D eigenvalue weighted by atomic mass is 16.5. The van der Waals surface area contributed by atoms with E-state index in [1.807, 2.05) is 36.4 Å². The van der Waals surface area contributed by atoms with E-state index in [4.69, 9.17) is 14.2 Å². The molecular weight excluding hydrogens is 422 g/mol. The number of methoxy groups -OCH3 is 2. The van der Waals surface area contributed by atoms with Crippen molar-refractivity contribution in [2.45, 2.75) is 20.0 Å². The number of carbonyl (C=O) groups is 3. The van der Waals surface area contributed by atoms with Gasteiger partial charge in [-0.2, -0.15) is 0 Å². The molecule has 0 atom stereocenters. The van der Waals surface area contributed by atoms with Crippen LogP contribution >= 0.6 is 0 Å². The maximum atomic E-state index is 12.5. The van der Waals surface area contributed by atoms with Crippen LogP contribution in [0.25, 0.3) is 11.1 Å². The van der Waals surface area contributed by atoms with Crippen LogP contribution in [0.2, 0.25) is 0 Å². The van der Waals surface area contributed by atoms with Crippen molar-refractivity contribution < 1.29 is 28.6 Å². The van der Waals surface area contributed by atoms with Crippen LogP contribution in [0.15, 0.2) is 84.2 Å². The third-order valence-electron chi connectivity index (χ3n) is 4.83.